The fraction of sp³-hybridized carbons (Fsp3) is 0.667. The highest BCUT2D eigenvalue weighted by Crippen LogP contribution is 2.32. The normalized spacial score (nSPS) is 33.1. The Kier molecular flexibility index (Phi) is 2.80. The van der Waals surface area contributed by atoms with Gasteiger partial charge in [0.2, 0.25) is 0 Å². The summed E-state index contributed by atoms with van der Waals surface area (Å²) < 4.78 is 5.14. The van der Waals surface area contributed by atoms with Crippen molar-refractivity contribution in [3.8, 4) is 0 Å². The van der Waals surface area contributed by atoms with E-state index in [1.54, 1.807) is 12.5 Å². The minimum atomic E-state index is -0.635. The lowest BCUT2D eigenvalue weighted by atomic mass is 9.94. The zero-order valence-corrected chi connectivity index (χ0v) is 8.88. The van der Waals surface area contributed by atoms with E-state index in [9.17, 15) is 5.11 Å². The maximum absolute atomic E-state index is 10.1. The number of rotatable bonds is 2. The Hall–Kier alpha value is -0.520. The summed E-state index contributed by atoms with van der Waals surface area (Å²) in [6.45, 7) is 3.53. The molecule has 4 nitrogen and oxygen atoms in total. The first kappa shape index (κ1) is 10.0. The average Bonchev–Trinajstić information content (AvgIpc) is 2.61. The molecule has 1 aliphatic heterocycles. The molecule has 2 heterocycles. The van der Waals surface area contributed by atoms with Gasteiger partial charge in [0, 0.05) is 6.54 Å². The first-order chi connectivity index (χ1) is 6.68. The molecule has 14 heavy (non-hydrogen) atoms. The zero-order chi connectivity index (χ0) is 10.0. The molecular weight excluding hydrogens is 200 g/mol. The second kappa shape index (κ2) is 3.92. The van der Waals surface area contributed by atoms with Crippen LogP contribution in [0.15, 0.2) is 22.1 Å². The largest absolute Gasteiger partial charge is 0.440 e. The molecule has 0 saturated carbocycles. The molecule has 78 valence electrons. The summed E-state index contributed by atoms with van der Waals surface area (Å²) >= 11 is 1.49. The van der Waals surface area contributed by atoms with Gasteiger partial charge in [0.25, 0.3) is 5.22 Å². The highest BCUT2D eigenvalue weighted by molar-refractivity contribution is 7.99. The van der Waals surface area contributed by atoms with Crippen LogP contribution in [-0.2, 0) is 0 Å². The Balaban J connectivity index is 2.02. The molecule has 1 fully saturated rings. The molecule has 2 atom stereocenters. The van der Waals surface area contributed by atoms with Crippen molar-refractivity contribution < 1.29 is 9.52 Å². The molecule has 0 radical (unpaired) electrons. The Labute approximate surface area is 87.1 Å². The lowest BCUT2D eigenvalue weighted by Gasteiger charge is -2.36. The predicted molar refractivity (Wildman–Crippen MR) is 54.3 cm³/mol. The van der Waals surface area contributed by atoms with Crippen molar-refractivity contribution in [2.45, 2.75) is 29.4 Å². The molecule has 5 heteroatoms. The van der Waals surface area contributed by atoms with Crippen LogP contribution in [0.3, 0.4) is 0 Å². The van der Waals surface area contributed by atoms with Crippen LogP contribution in [0.4, 0.5) is 0 Å². The number of nitrogens with zero attached hydrogens (tertiary/aromatic N) is 1. The highest BCUT2D eigenvalue weighted by Gasteiger charge is 2.35. The Morgan fingerprint density at radius 3 is 3.29 bits per heavy atom. The van der Waals surface area contributed by atoms with Gasteiger partial charge in [-0.25, -0.2) is 4.98 Å². The van der Waals surface area contributed by atoms with E-state index in [-0.39, 0.29) is 5.25 Å². The molecule has 1 aliphatic rings. The number of hydrogen-bond acceptors (Lipinski definition) is 5. The molecular formula is C9H14N2O2S. The zero-order valence-electron chi connectivity index (χ0n) is 8.06. The summed E-state index contributed by atoms with van der Waals surface area (Å²) in [6.07, 6.45) is 3.94. The first-order valence-electron chi connectivity index (χ1n) is 4.68. The van der Waals surface area contributed by atoms with E-state index in [2.05, 4.69) is 10.3 Å². The minimum Gasteiger partial charge on any atom is -0.440 e. The molecule has 2 unspecified atom stereocenters. The Bertz CT molecular complexity index is 287. The summed E-state index contributed by atoms with van der Waals surface area (Å²) in [6, 6.07) is 0. The average molecular weight is 214 g/mol. The fourth-order valence-corrected chi connectivity index (χ4v) is 2.56. The van der Waals surface area contributed by atoms with Gasteiger partial charge < -0.3 is 14.8 Å². The summed E-state index contributed by atoms with van der Waals surface area (Å²) in [7, 11) is 0. The van der Waals surface area contributed by atoms with E-state index in [1.165, 1.54) is 11.8 Å². The molecule has 0 aliphatic carbocycles. The third kappa shape index (κ3) is 2.10. The molecule has 0 spiro atoms. The molecule has 2 N–H and O–H groups in total. The van der Waals surface area contributed by atoms with Crippen molar-refractivity contribution in [2.75, 3.05) is 13.1 Å². The van der Waals surface area contributed by atoms with Gasteiger partial charge in [0.05, 0.1) is 17.0 Å². The van der Waals surface area contributed by atoms with E-state index in [1.807, 2.05) is 6.92 Å². The van der Waals surface area contributed by atoms with Crippen LogP contribution < -0.4 is 5.32 Å². The van der Waals surface area contributed by atoms with Gasteiger partial charge in [-0.3, -0.25) is 0 Å². The number of nitrogens with one attached hydrogen (secondary N) is 1. The Morgan fingerprint density at radius 1 is 1.79 bits per heavy atom. The molecule has 1 saturated heterocycles. The standard InChI is InChI=1S/C9H14N2O2S/c1-9(12)2-3-10-6-7(9)14-8-11-4-5-13-8/h4-5,7,10,12H,2-3,6H2,1H3. The lowest BCUT2D eigenvalue weighted by Crippen LogP contribution is -2.50. The van der Waals surface area contributed by atoms with E-state index in [0.717, 1.165) is 19.5 Å². The SMILES string of the molecule is CC1(O)CCNCC1Sc1ncco1. The number of hydrogen-bond donors (Lipinski definition) is 2. The van der Waals surface area contributed by atoms with Gasteiger partial charge >= 0.3 is 0 Å². The quantitative estimate of drug-likeness (QED) is 0.765. The maximum atomic E-state index is 10.1. The van der Waals surface area contributed by atoms with Crippen molar-refractivity contribution in [3.63, 3.8) is 0 Å². The van der Waals surface area contributed by atoms with Crippen LogP contribution in [0.5, 0.6) is 0 Å². The predicted octanol–water partition coefficient (Wildman–Crippen LogP) is 0.880. The molecule has 0 bridgehead atoms. The van der Waals surface area contributed by atoms with Crippen LogP contribution in [0.1, 0.15) is 13.3 Å². The van der Waals surface area contributed by atoms with Crippen LogP contribution in [0.2, 0.25) is 0 Å². The van der Waals surface area contributed by atoms with Gasteiger partial charge in [-0.15, -0.1) is 0 Å². The number of oxazole rings is 1. The van der Waals surface area contributed by atoms with E-state index < -0.39 is 5.60 Å². The van der Waals surface area contributed by atoms with E-state index >= 15 is 0 Å². The second-order valence-electron chi connectivity index (χ2n) is 3.72. The topological polar surface area (TPSA) is 58.3 Å². The van der Waals surface area contributed by atoms with E-state index in [0.29, 0.717) is 5.22 Å². The molecule has 2 rings (SSSR count). The Morgan fingerprint density at radius 2 is 2.64 bits per heavy atom. The van der Waals surface area contributed by atoms with Crippen molar-refractivity contribution in [1.29, 1.82) is 0 Å². The molecule has 1 aromatic rings. The van der Waals surface area contributed by atoms with Gasteiger partial charge in [0.15, 0.2) is 0 Å². The highest BCUT2D eigenvalue weighted by atomic mass is 32.2. The third-order valence-corrected chi connectivity index (χ3v) is 3.85. The number of thioether (sulfide) groups is 1. The van der Waals surface area contributed by atoms with Crippen molar-refractivity contribution in [2.24, 2.45) is 0 Å². The smallest absolute Gasteiger partial charge is 0.255 e. The monoisotopic (exact) mass is 214 g/mol. The summed E-state index contributed by atoms with van der Waals surface area (Å²) in [5.41, 5.74) is -0.635. The van der Waals surface area contributed by atoms with Crippen molar-refractivity contribution >= 4 is 11.8 Å². The third-order valence-electron chi connectivity index (χ3n) is 2.48. The summed E-state index contributed by atoms with van der Waals surface area (Å²) in [4.78, 5) is 4.03. The number of aromatic nitrogens is 1. The van der Waals surface area contributed by atoms with Crippen LogP contribution in [0, 0.1) is 0 Å². The fourth-order valence-electron chi connectivity index (χ4n) is 1.51. The number of piperidine rings is 1. The van der Waals surface area contributed by atoms with E-state index in [4.69, 9.17) is 4.42 Å². The minimum absolute atomic E-state index is 0.106. The van der Waals surface area contributed by atoms with Gasteiger partial charge in [0.1, 0.15) is 6.26 Å². The number of aliphatic hydroxyl groups is 1. The maximum Gasteiger partial charge on any atom is 0.255 e. The van der Waals surface area contributed by atoms with Gasteiger partial charge in [-0.2, -0.15) is 0 Å². The van der Waals surface area contributed by atoms with Crippen LogP contribution >= 0.6 is 11.8 Å². The second-order valence-corrected chi connectivity index (χ2v) is 4.87. The van der Waals surface area contributed by atoms with Crippen molar-refractivity contribution in [3.05, 3.63) is 12.5 Å². The van der Waals surface area contributed by atoms with Crippen molar-refractivity contribution in [1.82, 2.24) is 10.3 Å². The van der Waals surface area contributed by atoms with Gasteiger partial charge in [-0.1, -0.05) is 11.8 Å². The van der Waals surface area contributed by atoms with Crippen LogP contribution in [0.25, 0.3) is 0 Å². The molecule has 0 aromatic carbocycles. The first-order valence-corrected chi connectivity index (χ1v) is 5.56. The summed E-state index contributed by atoms with van der Waals surface area (Å²) in [5, 5.41) is 14.1. The van der Waals surface area contributed by atoms with Crippen LogP contribution in [-0.4, -0.2) is 34.0 Å². The van der Waals surface area contributed by atoms with Gasteiger partial charge in [-0.05, 0) is 19.9 Å². The molecule has 1 aromatic heterocycles. The lowest BCUT2D eigenvalue weighted by molar-refractivity contribution is 0.0352. The molecule has 0 amide bonds. The summed E-state index contributed by atoms with van der Waals surface area (Å²) in [5.74, 6) is 0.